The van der Waals surface area contributed by atoms with Crippen LogP contribution in [0.15, 0.2) is 36.5 Å². The quantitative estimate of drug-likeness (QED) is 0.868. The summed E-state index contributed by atoms with van der Waals surface area (Å²) in [5.74, 6) is 1.46. The predicted octanol–water partition coefficient (Wildman–Crippen LogP) is 2.20. The second kappa shape index (κ2) is 6.43. The molecule has 0 bridgehead atoms. The Labute approximate surface area is 118 Å². The van der Waals surface area contributed by atoms with Crippen LogP contribution in [0.25, 0.3) is 0 Å². The summed E-state index contributed by atoms with van der Waals surface area (Å²) in [5.41, 5.74) is 7.97. The van der Waals surface area contributed by atoms with Crippen LogP contribution in [0.5, 0.6) is 5.75 Å². The van der Waals surface area contributed by atoms with Crippen molar-refractivity contribution in [2.24, 2.45) is 0 Å². The monoisotopic (exact) mass is 268 g/mol. The van der Waals surface area contributed by atoms with Crippen LogP contribution in [0.2, 0.25) is 0 Å². The molecule has 1 heterocycles. The number of aromatic nitrogens is 1. The van der Waals surface area contributed by atoms with Gasteiger partial charge in [-0.15, -0.1) is 0 Å². The van der Waals surface area contributed by atoms with E-state index in [0.717, 1.165) is 18.7 Å². The van der Waals surface area contributed by atoms with Crippen molar-refractivity contribution < 1.29 is 4.74 Å². The van der Waals surface area contributed by atoms with Gasteiger partial charge in [0, 0.05) is 12.7 Å². The number of methoxy groups -OCH3 is 1. The van der Waals surface area contributed by atoms with Gasteiger partial charge in [0.2, 0.25) is 0 Å². The molecule has 5 heteroatoms. The zero-order chi connectivity index (χ0) is 14.4. The van der Waals surface area contributed by atoms with Gasteiger partial charge in [-0.1, -0.05) is 12.1 Å². The van der Waals surface area contributed by atoms with E-state index in [9.17, 15) is 0 Å². The van der Waals surface area contributed by atoms with Gasteiger partial charge in [-0.3, -0.25) is 0 Å². The molecule has 0 spiro atoms. The number of hydrogen-bond acceptors (Lipinski definition) is 5. The van der Waals surface area contributed by atoms with Crippen LogP contribution in [-0.2, 0) is 6.42 Å². The minimum Gasteiger partial charge on any atom is -0.497 e. The minimum absolute atomic E-state index is 0.461. The highest BCUT2D eigenvalue weighted by Gasteiger charge is 2.02. The molecule has 0 fully saturated rings. The number of ether oxygens (including phenoxy) is 1. The maximum absolute atomic E-state index is 8.74. The lowest BCUT2D eigenvalue weighted by atomic mass is 10.1. The first-order valence-electron chi connectivity index (χ1n) is 6.25. The van der Waals surface area contributed by atoms with Crippen LogP contribution in [0, 0.1) is 11.3 Å². The van der Waals surface area contributed by atoms with Crippen molar-refractivity contribution >= 4 is 11.5 Å². The molecule has 0 atom stereocenters. The van der Waals surface area contributed by atoms with Gasteiger partial charge >= 0.3 is 0 Å². The maximum atomic E-state index is 8.74. The summed E-state index contributed by atoms with van der Waals surface area (Å²) in [4.78, 5) is 4.13. The Morgan fingerprint density at radius 1 is 1.35 bits per heavy atom. The van der Waals surface area contributed by atoms with E-state index < -0.39 is 0 Å². The molecular formula is C15H16N4O. The fraction of sp³-hybridized carbons (Fsp3) is 0.200. The Bertz CT molecular complexity index is 617. The predicted molar refractivity (Wildman–Crippen MR) is 78.6 cm³/mol. The average molecular weight is 268 g/mol. The Hall–Kier alpha value is -2.74. The number of pyridine rings is 1. The lowest BCUT2D eigenvalue weighted by Crippen LogP contribution is -2.08. The van der Waals surface area contributed by atoms with Gasteiger partial charge in [0.05, 0.1) is 18.4 Å². The number of nitrogen functional groups attached to an aromatic ring is 1. The second-order valence-corrected chi connectivity index (χ2v) is 4.30. The molecule has 0 radical (unpaired) electrons. The summed E-state index contributed by atoms with van der Waals surface area (Å²) in [6.07, 6.45) is 2.36. The normalized spacial score (nSPS) is 9.80. The fourth-order valence-corrected chi connectivity index (χ4v) is 1.81. The van der Waals surface area contributed by atoms with E-state index in [0.29, 0.717) is 17.1 Å². The van der Waals surface area contributed by atoms with Crippen LogP contribution in [-0.4, -0.2) is 18.6 Å². The molecule has 0 amide bonds. The number of nitriles is 1. The summed E-state index contributed by atoms with van der Waals surface area (Å²) in [5, 5.41) is 11.9. The van der Waals surface area contributed by atoms with E-state index in [1.807, 2.05) is 30.3 Å². The molecule has 0 aliphatic rings. The molecule has 2 rings (SSSR count). The number of nitrogens with one attached hydrogen (secondary N) is 1. The number of nitrogens with two attached hydrogens (primary N) is 1. The van der Waals surface area contributed by atoms with Gasteiger partial charge in [-0.05, 0) is 30.2 Å². The highest BCUT2D eigenvalue weighted by molar-refractivity contribution is 5.63. The molecule has 0 aliphatic heterocycles. The standard InChI is InChI=1S/C15H16N4O/c1-20-13-4-2-11(3-5-13)6-7-18-15-14(17)8-12(9-16)10-19-15/h2-5,8,10H,6-7,17H2,1H3,(H,18,19). The fourth-order valence-electron chi connectivity index (χ4n) is 1.81. The largest absolute Gasteiger partial charge is 0.497 e. The van der Waals surface area contributed by atoms with E-state index in [4.69, 9.17) is 15.7 Å². The van der Waals surface area contributed by atoms with Gasteiger partial charge in [-0.25, -0.2) is 4.98 Å². The van der Waals surface area contributed by atoms with E-state index in [2.05, 4.69) is 10.3 Å². The van der Waals surface area contributed by atoms with Crippen molar-refractivity contribution in [3.63, 3.8) is 0 Å². The summed E-state index contributed by atoms with van der Waals surface area (Å²) in [6.45, 7) is 0.718. The van der Waals surface area contributed by atoms with Crippen molar-refractivity contribution in [2.45, 2.75) is 6.42 Å². The first kappa shape index (κ1) is 13.7. The van der Waals surface area contributed by atoms with Gasteiger partial charge < -0.3 is 15.8 Å². The van der Waals surface area contributed by atoms with Crippen molar-refractivity contribution in [3.8, 4) is 11.8 Å². The average Bonchev–Trinajstić information content (AvgIpc) is 2.49. The molecule has 5 nitrogen and oxygen atoms in total. The minimum atomic E-state index is 0.461. The third kappa shape index (κ3) is 3.39. The number of hydrogen-bond donors (Lipinski definition) is 2. The molecule has 3 N–H and O–H groups in total. The topological polar surface area (TPSA) is 84.0 Å². The Morgan fingerprint density at radius 2 is 2.10 bits per heavy atom. The summed E-state index contributed by atoms with van der Waals surface area (Å²) < 4.78 is 5.11. The molecule has 1 aromatic carbocycles. The third-order valence-electron chi connectivity index (χ3n) is 2.91. The van der Waals surface area contributed by atoms with E-state index in [1.165, 1.54) is 11.8 Å². The lowest BCUT2D eigenvalue weighted by molar-refractivity contribution is 0.414. The lowest BCUT2D eigenvalue weighted by Gasteiger charge is -2.08. The summed E-state index contributed by atoms with van der Waals surface area (Å²) >= 11 is 0. The number of benzene rings is 1. The van der Waals surface area contributed by atoms with E-state index >= 15 is 0 Å². The molecule has 2 aromatic rings. The Balaban J connectivity index is 1.91. The number of rotatable bonds is 5. The molecule has 1 aromatic heterocycles. The molecule has 0 unspecified atom stereocenters. The zero-order valence-electron chi connectivity index (χ0n) is 11.3. The van der Waals surface area contributed by atoms with E-state index in [1.54, 1.807) is 13.2 Å². The molecular weight excluding hydrogens is 252 g/mol. The van der Waals surface area contributed by atoms with Gasteiger partial charge in [-0.2, -0.15) is 5.26 Å². The summed E-state index contributed by atoms with van der Waals surface area (Å²) in [6, 6.07) is 11.5. The second-order valence-electron chi connectivity index (χ2n) is 4.30. The first-order chi connectivity index (χ1) is 9.72. The van der Waals surface area contributed by atoms with Crippen LogP contribution < -0.4 is 15.8 Å². The highest BCUT2D eigenvalue weighted by Crippen LogP contribution is 2.16. The van der Waals surface area contributed by atoms with Crippen molar-refractivity contribution in [1.29, 1.82) is 5.26 Å². The SMILES string of the molecule is COc1ccc(CCNc2ncc(C#N)cc2N)cc1. The molecule has 0 saturated carbocycles. The van der Waals surface area contributed by atoms with Gasteiger partial charge in [0.1, 0.15) is 17.6 Å². The van der Waals surface area contributed by atoms with Crippen LogP contribution >= 0.6 is 0 Å². The molecule has 102 valence electrons. The molecule has 0 saturated heterocycles. The van der Waals surface area contributed by atoms with Crippen molar-refractivity contribution in [2.75, 3.05) is 24.7 Å². The van der Waals surface area contributed by atoms with Crippen LogP contribution in [0.4, 0.5) is 11.5 Å². The summed E-state index contributed by atoms with van der Waals surface area (Å²) in [7, 11) is 1.65. The van der Waals surface area contributed by atoms with Gasteiger partial charge in [0.15, 0.2) is 0 Å². The smallest absolute Gasteiger partial charge is 0.149 e. The van der Waals surface area contributed by atoms with Crippen LogP contribution in [0.1, 0.15) is 11.1 Å². The van der Waals surface area contributed by atoms with Crippen LogP contribution in [0.3, 0.4) is 0 Å². The Morgan fingerprint density at radius 3 is 2.70 bits per heavy atom. The zero-order valence-corrected chi connectivity index (χ0v) is 11.3. The van der Waals surface area contributed by atoms with Gasteiger partial charge in [0.25, 0.3) is 0 Å². The Kier molecular flexibility index (Phi) is 4.40. The molecule has 0 aliphatic carbocycles. The van der Waals surface area contributed by atoms with Crippen molar-refractivity contribution in [1.82, 2.24) is 4.98 Å². The highest BCUT2D eigenvalue weighted by atomic mass is 16.5. The first-order valence-corrected chi connectivity index (χ1v) is 6.25. The third-order valence-corrected chi connectivity index (χ3v) is 2.91. The number of anilines is 2. The van der Waals surface area contributed by atoms with Crippen molar-refractivity contribution in [3.05, 3.63) is 47.7 Å². The van der Waals surface area contributed by atoms with E-state index in [-0.39, 0.29) is 0 Å². The number of nitrogens with zero attached hydrogens (tertiary/aromatic N) is 2. The molecule has 20 heavy (non-hydrogen) atoms. The maximum Gasteiger partial charge on any atom is 0.149 e.